The summed E-state index contributed by atoms with van der Waals surface area (Å²) in [5, 5.41) is 5.79. The van der Waals surface area contributed by atoms with E-state index in [0.29, 0.717) is 17.3 Å². The van der Waals surface area contributed by atoms with Crippen LogP contribution in [0.3, 0.4) is 0 Å². The van der Waals surface area contributed by atoms with Crippen LogP contribution in [0.5, 0.6) is 0 Å². The Morgan fingerprint density at radius 2 is 2.14 bits per heavy atom. The topological polar surface area (TPSA) is 85.5 Å². The molecule has 0 spiro atoms. The summed E-state index contributed by atoms with van der Waals surface area (Å²) >= 11 is 1.49. The lowest BCUT2D eigenvalue weighted by Gasteiger charge is -2.21. The van der Waals surface area contributed by atoms with Crippen molar-refractivity contribution in [3.8, 4) is 10.7 Å². The van der Waals surface area contributed by atoms with Crippen LogP contribution in [0.25, 0.3) is 10.7 Å². The highest BCUT2D eigenvalue weighted by Crippen LogP contribution is 2.21. The molecule has 0 bridgehead atoms. The second kappa shape index (κ2) is 9.42. The minimum Gasteiger partial charge on any atom is -0.453 e. The first-order valence-corrected chi connectivity index (χ1v) is 9.85. The van der Waals surface area contributed by atoms with Crippen molar-refractivity contribution in [3.63, 3.8) is 0 Å². The standard InChI is InChI=1S/C20H20FN3O4S/c1-13(20(26)24(2)12-14-5-3-6-15(21)11-14)27-18(25)9-8-17-22-19(23-28-17)16-7-4-10-29-16/h3-7,10-11,13H,8-9,12H2,1-2H3. The van der Waals surface area contributed by atoms with Crippen LogP contribution in [0.4, 0.5) is 4.39 Å². The van der Waals surface area contributed by atoms with Gasteiger partial charge in [0.15, 0.2) is 6.10 Å². The summed E-state index contributed by atoms with van der Waals surface area (Å²) in [4.78, 5) is 31.0. The molecule has 0 radical (unpaired) electrons. The van der Waals surface area contributed by atoms with Crippen molar-refractivity contribution in [3.05, 3.63) is 59.0 Å². The van der Waals surface area contributed by atoms with Gasteiger partial charge in [0.1, 0.15) is 5.82 Å². The molecular formula is C20H20FN3O4S. The number of thiophene rings is 1. The van der Waals surface area contributed by atoms with Crippen molar-refractivity contribution in [1.82, 2.24) is 15.0 Å². The number of carbonyl (C=O) groups is 2. The number of rotatable bonds is 8. The van der Waals surface area contributed by atoms with E-state index in [1.807, 2.05) is 17.5 Å². The summed E-state index contributed by atoms with van der Waals surface area (Å²) in [6, 6.07) is 9.75. The maximum atomic E-state index is 13.3. The second-order valence-corrected chi connectivity index (χ2v) is 7.39. The molecule has 0 aliphatic carbocycles. The van der Waals surface area contributed by atoms with Crippen molar-refractivity contribution < 1.29 is 23.2 Å². The van der Waals surface area contributed by atoms with Gasteiger partial charge in [0.2, 0.25) is 11.7 Å². The van der Waals surface area contributed by atoms with Crippen LogP contribution in [-0.2, 0) is 27.3 Å². The van der Waals surface area contributed by atoms with E-state index in [4.69, 9.17) is 9.26 Å². The number of hydrogen-bond donors (Lipinski definition) is 0. The summed E-state index contributed by atoms with van der Waals surface area (Å²) in [5.41, 5.74) is 0.650. The SMILES string of the molecule is CC(OC(=O)CCc1nc(-c2cccs2)no1)C(=O)N(C)Cc1cccc(F)c1. The van der Waals surface area contributed by atoms with E-state index in [9.17, 15) is 14.0 Å². The molecule has 0 fully saturated rings. The first kappa shape index (κ1) is 20.7. The summed E-state index contributed by atoms with van der Waals surface area (Å²) in [5.74, 6) is -0.481. The zero-order chi connectivity index (χ0) is 20.8. The summed E-state index contributed by atoms with van der Waals surface area (Å²) in [6.07, 6.45) is -0.723. The van der Waals surface area contributed by atoms with Crippen LogP contribution in [0.1, 0.15) is 24.8 Å². The van der Waals surface area contributed by atoms with Gasteiger partial charge in [0.25, 0.3) is 5.91 Å². The van der Waals surface area contributed by atoms with Gasteiger partial charge in [-0.3, -0.25) is 9.59 Å². The lowest BCUT2D eigenvalue weighted by atomic mass is 10.2. The van der Waals surface area contributed by atoms with Crippen LogP contribution in [-0.4, -0.2) is 40.1 Å². The Morgan fingerprint density at radius 3 is 2.86 bits per heavy atom. The Morgan fingerprint density at radius 1 is 1.31 bits per heavy atom. The monoisotopic (exact) mass is 417 g/mol. The highest BCUT2D eigenvalue weighted by molar-refractivity contribution is 7.13. The molecule has 0 aliphatic rings. The van der Waals surface area contributed by atoms with E-state index in [0.717, 1.165) is 4.88 Å². The van der Waals surface area contributed by atoms with E-state index < -0.39 is 12.1 Å². The Bertz CT molecular complexity index is 974. The third-order valence-corrected chi connectivity index (χ3v) is 4.96. The number of esters is 1. The van der Waals surface area contributed by atoms with Gasteiger partial charge in [0, 0.05) is 20.0 Å². The van der Waals surface area contributed by atoms with Gasteiger partial charge < -0.3 is 14.2 Å². The van der Waals surface area contributed by atoms with Crippen LogP contribution in [0.15, 0.2) is 46.3 Å². The van der Waals surface area contributed by atoms with E-state index in [1.165, 1.54) is 35.3 Å². The largest absolute Gasteiger partial charge is 0.453 e. The van der Waals surface area contributed by atoms with Crippen molar-refractivity contribution in [2.45, 2.75) is 32.4 Å². The summed E-state index contributed by atoms with van der Waals surface area (Å²) in [6.45, 7) is 1.72. The normalized spacial score (nSPS) is 11.8. The fourth-order valence-electron chi connectivity index (χ4n) is 2.68. The minimum absolute atomic E-state index is 0.0112. The van der Waals surface area contributed by atoms with E-state index in [1.54, 1.807) is 19.2 Å². The molecule has 0 saturated carbocycles. The van der Waals surface area contributed by atoms with Gasteiger partial charge in [0.05, 0.1) is 11.3 Å². The Kier molecular flexibility index (Phi) is 6.71. The maximum absolute atomic E-state index is 13.3. The van der Waals surface area contributed by atoms with Gasteiger partial charge >= 0.3 is 5.97 Å². The molecule has 1 amide bonds. The third-order valence-electron chi connectivity index (χ3n) is 4.09. The van der Waals surface area contributed by atoms with Gasteiger partial charge in [-0.2, -0.15) is 4.98 Å². The summed E-state index contributed by atoms with van der Waals surface area (Å²) in [7, 11) is 1.57. The molecule has 2 heterocycles. The van der Waals surface area contributed by atoms with Crippen molar-refractivity contribution in [2.75, 3.05) is 7.05 Å². The van der Waals surface area contributed by atoms with Crippen molar-refractivity contribution in [1.29, 1.82) is 0 Å². The molecule has 0 aliphatic heterocycles. The number of aromatic nitrogens is 2. The van der Waals surface area contributed by atoms with Crippen LogP contribution < -0.4 is 0 Å². The molecule has 2 aromatic heterocycles. The fraction of sp³-hybridized carbons (Fsp3) is 0.300. The molecule has 0 saturated heterocycles. The zero-order valence-corrected chi connectivity index (χ0v) is 16.8. The second-order valence-electron chi connectivity index (χ2n) is 6.45. The highest BCUT2D eigenvalue weighted by Gasteiger charge is 2.22. The van der Waals surface area contributed by atoms with E-state index in [-0.39, 0.29) is 31.1 Å². The summed E-state index contributed by atoms with van der Waals surface area (Å²) < 4.78 is 23.6. The molecule has 1 atom stereocenters. The molecule has 1 unspecified atom stereocenters. The Balaban J connectivity index is 1.46. The van der Waals surface area contributed by atoms with Crippen LogP contribution in [0, 0.1) is 5.82 Å². The number of hydrogen-bond acceptors (Lipinski definition) is 7. The predicted molar refractivity (Wildman–Crippen MR) is 104 cm³/mol. The van der Waals surface area contributed by atoms with Gasteiger partial charge in [-0.1, -0.05) is 23.4 Å². The molecule has 0 N–H and O–H groups in total. The molecule has 3 aromatic rings. The Hall–Kier alpha value is -3.07. The lowest BCUT2D eigenvalue weighted by Crippen LogP contribution is -2.37. The lowest BCUT2D eigenvalue weighted by molar-refractivity contribution is -0.158. The van der Waals surface area contributed by atoms with Crippen LogP contribution >= 0.6 is 11.3 Å². The number of benzene rings is 1. The average molecular weight is 417 g/mol. The fourth-order valence-corrected chi connectivity index (χ4v) is 3.32. The van der Waals surface area contributed by atoms with Gasteiger partial charge in [-0.15, -0.1) is 11.3 Å². The smallest absolute Gasteiger partial charge is 0.307 e. The van der Waals surface area contributed by atoms with E-state index in [2.05, 4.69) is 10.1 Å². The number of nitrogens with zero attached hydrogens (tertiary/aromatic N) is 3. The van der Waals surface area contributed by atoms with Crippen molar-refractivity contribution in [2.24, 2.45) is 0 Å². The van der Waals surface area contributed by atoms with E-state index >= 15 is 0 Å². The zero-order valence-electron chi connectivity index (χ0n) is 16.0. The number of ether oxygens (including phenoxy) is 1. The molecule has 9 heteroatoms. The number of amides is 1. The highest BCUT2D eigenvalue weighted by atomic mass is 32.1. The molecule has 152 valence electrons. The average Bonchev–Trinajstić information content (AvgIpc) is 3.37. The molecule has 1 aromatic carbocycles. The maximum Gasteiger partial charge on any atom is 0.307 e. The number of aryl methyl sites for hydroxylation is 1. The number of carbonyl (C=O) groups excluding carboxylic acids is 2. The number of likely N-dealkylation sites (N-methyl/N-ethyl adjacent to an activating group) is 1. The number of halogens is 1. The molecule has 3 rings (SSSR count). The predicted octanol–water partition coefficient (Wildman–Crippen LogP) is 3.46. The quantitative estimate of drug-likeness (QED) is 0.522. The van der Waals surface area contributed by atoms with Crippen LogP contribution in [0.2, 0.25) is 0 Å². The minimum atomic E-state index is -0.953. The molecular weight excluding hydrogens is 397 g/mol. The first-order chi connectivity index (χ1) is 13.9. The third kappa shape index (κ3) is 5.71. The Labute approximate surface area is 171 Å². The molecule has 7 nitrogen and oxygen atoms in total. The van der Waals surface area contributed by atoms with Crippen molar-refractivity contribution >= 4 is 23.2 Å². The first-order valence-electron chi connectivity index (χ1n) is 8.97. The molecule has 29 heavy (non-hydrogen) atoms. The van der Waals surface area contributed by atoms with Gasteiger partial charge in [-0.25, -0.2) is 4.39 Å². The van der Waals surface area contributed by atoms with Gasteiger partial charge in [-0.05, 0) is 36.1 Å².